The van der Waals surface area contributed by atoms with Crippen LogP contribution in [0.2, 0.25) is 10.3 Å². The minimum absolute atomic E-state index is 0. The van der Waals surface area contributed by atoms with Crippen molar-refractivity contribution in [3.05, 3.63) is 28.0 Å². The molecule has 0 unspecified atom stereocenters. The molecule has 22 heavy (non-hydrogen) atoms. The fourth-order valence-electron chi connectivity index (χ4n) is 2.79. The SMILES string of the molecule is CCCCC[C@H](c1ccc(Cl)nc1Cl)N1CCNCC1.Cl.Cl. The lowest BCUT2D eigenvalue weighted by Crippen LogP contribution is -2.45. The van der Waals surface area contributed by atoms with Crippen molar-refractivity contribution < 1.29 is 0 Å². The molecule has 0 amide bonds. The molecule has 7 heteroatoms. The summed E-state index contributed by atoms with van der Waals surface area (Å²) in [6.45, 7) is 6.45. The van der Waals surface area contributed by atoms with Crippen LogP contribution >= 0.6 is 48.0 Å². The number of nitrogens with one attached hydrogen (secondary N) is 1. The van der Waals surface area contributed by atoms with Gasteiger partial charge in [0.05, 0.1) is 0 Å². The molecule has 128 valence electrons. The second kappa shape index (κ2) is 11.7. The molecular formula is C15H25Cl4N3. The topological polar surface area (TPSA) is 28.2 Å². The molecule has 0 bridgehead atoms. The molecule has 1 saturated heterocycles. The second-order valence-corrected chi connectivity index (χ2v) is 6.06. The maximum Gasteiger partial charge on any atom is 0.135 e. The Morgan fingerprint density at radius 2 is 1.86 bits per heavy atom. The molecule has 1 aliphatic heterocycles. The van der Waals surface area contributed by atoms with Gasteiger partial charge in [0.2, 0.25) is 0 Å². The molecule has 0 aliphatic carbocycles. The number of unbranched alkanes of at least 4 members (excludes halogenated alkanes) is 2. The molecule has 1 aromatic rings. The Labute approximate surface area is 156 Å². The minimum Gasteiger partial charge on any atom is -0.314 e. The summed E-state index contributed by atoms with van der Waals surface area (Å²) in [5, 5.41) is 4.42. The van der Waals surface area contributed by atoms with Crippen molar-refractivity contribution in [3.63, 3.8) is 0 Å². The number of hydrogen-bond acceptors (Lipinski definition) is 3. The number of nitrogens with zero attached hydrogens (tertiary/aromatic N) is 2. The first kappa shape index (κ1) is 22.2. The molecule has 1 N–H and O–H groups in total. The predicted octanol–water partition coefficient (Wildman–Crippen LogP) is 4.76. The number of halogens is 4. The lowest BCUT2D eigenvalue weighted by molar-refractivity contribution is 0.162. The van der Waals surface area contributed by atoms with Crippen molar-refractivity contribution in [1.82, 2.24) is 15.2 Å². The Morgan fingerprint density at radius 3 is 2.45 bits per heavy atom. The molecular weight excluding hydrogens is 364 g/mol. The van der Waals surface area contributed by atoms with Crippen LogP contribution in [0.25, 0.3) is 0 Å². The number of piperazine rings is 1. The zero-order valence-corrected chi connectivity index (χ0v) is 16.0. The Morgan fingerprint density at radius 1 is 1.18 bits per heavy atom. The largest absolute Gasteiger partial charge is 0.314 e. The molecule has 0 spiro atoms. The van der Waals surface area contributed by atoms with Gasteiger partial charge in [-0.15, -0.1) is 24.8 Å². The van der Waals surface area contributed by atoms with Crippen LogP contribution in [0.5, 0.6) is 0 Å². The smallest absolute Gasteiger partial charge is 0.135 e. The molecule has 1 atom stereocenters. The van der Waals surface area contributed by atoms with E-state index < -0.39 is 0 Å². The van der Waals surface area contributed by atoms with Crippen LogP contribution in [0.1, 0.15) is 44.2 Å². The van der Waals surface area contributed by atoms with Gasteiger partial charge in [-0.05, 0) is 12.5 Å². The first-order chi connectivity index (χ1) is 9.72. The van der Waals surface area contributed by atoms with Gasteiger partial charge in [-0.1, -0.05) is 55.5 Å². The summed E-state index contributed by atoms with van der Waals surface area (Å²) in [5.41, 5.74) is 1.12. The van der Waals surface area contributed by atoms with Crippen LogP contribution in [0.3, 0.4) is 0 Å². The lowest BCUT2D eigenvalue weighted by Gasteiger charge is -2.35. The maximum atomic E-state index is 6.32. The van der Waals surface area contributed by atoms with E-state index in [1.807, 2.05) is 12.1 Å². The molecule has 1 aliphatic rings. The Hall–Kier alpha value is 0.230. The average molecular weight is 389 g/mol. The fraction of sp³-hybridized carbons (Fsp3) is 0.667. The monoisotopic (exact) mass is 387 g/mol. The van der Waals surface area contributed by atoms with Gasteiger partial charge in [-0.3, -0.25) is 4.90 Å². The van der Waals surface area contributed by atoms with Crippen LogP contribution in [0.4, 0.5) is 0 Å². The summed E-state index contributed by atoms with van der Waals surface area (Å²) in [4.78, 5) is 6.72. The van der Waals surface area contributed by atoms with Crippen LogP contribution in [0, 0.1) is 0 Å². The first-order valence-corrected chi connectivity index (χ1v) is 8.24. The maximum absolute atomic E-state index is 6.32. The summed E-state index contributed by atoms with van der Waals surface area (Å²) in [6.07, 6.45) is 4.86. The number of pyridine rings is 1. The Bertz CT molecular complexity index is 425. The van der Waals surface area contributed by atoms with Gasteiger partial charge in [0, 0.05) is 37.8 Å². The fourth-order valence-corrected chi connectivity index (χ4v) is 3.26. The zero-order valence-electron chi connectivity index (χ0n) is 12.9. The van der Waals surface area contributed by atoms with Gasteiger partial charge in [-0.2, -0.15) is 0 Å². The van der Waals surface area contributed by atoms with Crippen molar-refractivity contribution in [2.45, 2.75) is 38.6 Å². The van der Waals surface area contributed by atoms with E-state index in [9.17, 15) is 0 Å². The number of hydrogen-bond donors (Lipinski definition) is 1. The summed E-state index contributed by atoms with van der Waals surface area (Å²) in [6, 6.07) is 4.24. The molecule has 2 heterocycles. The van der Waals surface area contributed by atoms with Gasteiger partial charge in [0.1, 0.15) is 10.3 Å². The van der Waals surface area contributed by atoms with Gasteiger partial charge in [0.25, 0.3) is 0 Å². The van der Waals surface area contributed by atoms with E-state index in [-0.39, 0.29) is 24.8 Å². The van der Waals surface area contributed by atoms with Crippen molar-refractivity contribution in [2.75, 3.05) is 26.2 Å². The summed E-state index contributed by atoms with van der Waals surface area (Å²) >= 11 is 12.2. The first-order valence-electron chi connectivity index (χ1n) is 7.49. The van der Waals surface area contributed by atoms with Crippen molar-refractivity contribution in [1.29, 1.82) is 0 Å². The highest BCUT2D eigenvalue weighted by Gasteiger charge is 2.24. The van der Waals surface area contributed by atoms with Crippen molar-refractivity contribution in [2.24, 2.45) is 0 Å². The lowest BCUT2D eigenvalue weighted by atomic mass is 9.99. The highest BCUT2D eigenvalue weighted by Crippen LogP contribution is 2.32. The third kappa shape index (κ3) is 6.38. The van der Waals surface area contributed by atoms with Crippen molar-refractivity contribution >= 4 is 48.0 Å². The van der Waals surface area contributed by atoms with Gasteiger partial charge in [0.15, 0.2) is 0 Å². The molecule has 1 fully saturated rings. The Kier molecular flexibility index (Phi) is 11.8. The predicted molar refractivity (Wildman–Crippen MR) is 100 cm³/mol. The van der Waals surface area contributed by atoms with E-state index in [0.717, 1.165) is 38.2 Å². The molecule has 1 aromatic heterocycles. The highest BCUT2D eigenvalue weighted by molar-refractivity contribution is 6.32. The van der Waals surface area contributed by atoms with Gasteiger partial charge < -0.3 is 5.32 Å². The summed E-state index contributed by atoms with van der Waals surface area (Å²) in [7, 11) is 0. The number of rotatable bonds is 6. The zero-order chi connectivity index (χ0) is 14.4. The summed E-state index contributed by atoms with van der Waals surface area (Å²) in [5.74, 6) is 0. The van der Waals surface area contributed by atoms with Gasteiger partial charge >= 0.3 is 0 Å². The third-order valence-corrected chi connectivity index (χ3v) is 4.39. The quantitative estimate of drug-likeness (QED) is 0.562. The molecule has 0 radical (unpaired) electrons. The van der Waals surface area contributed by atoms with Crippen LogP contribution in [0.15, 0.2) is 12.1 Å². The van der Waals surface area contributed by atoms with E-state index >= 15 is 0 Å². The average Bonchev–Trinajstić information content (AvgIpc) is 2.46. The van der Waals surface area contributed by atoms with Crippen LogP contribution in [-0.4, -0.2) is 36.1 Å². The molecule has 0 saturated carbocycles. The van der Waals surface area contributed by atoms with Gasteiger partial charge in [-0.25, -0.2) is 4.98 Å². The third-order valence-electron chi connectivity index (χ3n) is 3.88. The van der Waals surface area contributed by atoms with E-state index in [2.05, 4.69) is 22.1 Å². The van der Waals surface area contributed by atoms with E-state index in [0.29, 0.717) is 16.3 Å². The Balaban J connectivity index is 0.00000220. The van der Waals surface area contributed by atoms with E-state index in [1.165, 1.54) is 19.3 Å². The standard InChI is InChI=1S/C15H23Cl2N3.2ClH/c1-2-3-4-5-13(20-10-8-18-9-11-20)12-6-7-14(16)19-15(12)17;;/h6-7,13,18H,2-5,8-11H2,1H3;2*1H/t13-;;/m1../s1. The highest BCUT2D eigenvalue weighted by atomic mass is 35.5. The van der Waals surface area contributed by atoms with Crippen LogP contribution in [-0.2, 0) is 0 Å². The van der Waals surface area contributed by atoms with E-state index in [4.69, 9.17) is 23.2 Å². The molecule has 3 nitrogen and oxygen atoms in total. The van der Waals surface area contributed by atoms with Crippen molar-refractivity contribution in [3.8, 4) is 0 Å². The van der Waals surface area contributed by atoms with Crippen LogP contribution < -0.4 is 5.32 Å². The summed E-state index contributed by atoms with van der Waals surface area (Å²) < 4.78 is 0. The number of aromatic nitrogens is 1. The normalized spacial score (nSPS) is 16.5. The molecule has 2 rings (SSSR count). The van der Waals surface area contributed by atoms with E-state index in [1.54, 1.807) is 0 Å². The second-order valence-electron chi connectivity index (χ2n) is 5.31. The molecule has 0 aromatic carbocycles. The minimum atomic E-state index is 0.